The summed E-state index contributed by atoms with van der Waals surface area (Å²) >= 11 is 0. The van der Waals surface area contributed by atoms with Gasteiger partial charge in [0.05, 0.1) is 26.2 Å². The molecule has 0 aliphatic heterocycles. The predicted octanol–water partition coefficient (Wildman–Crippen LogP) is 3.78. The van der Waals surface area contributed by atoms with Crippen LogP contribution in [0.2, 0.25) is 0 Å². The Morgan fingerprint density at radius 3 is 2.22 bits per heavy atom. The van der Waals surface area contributed by atoms with Crippen molar-refractivity contribution in [2.75, 3.05) is 37.9 Å². The van der Waals surface area contributed by atoms with Gasteiger partial charge in [-0.3, -0.25) is 13.9 Å². The fourth-order valence-electron chi connectivity index (χ4n) is 4.29. The van der Waals surface area contributed by atoms with Gasteiger partial charge >= 0.3 is 0 Å². The van der Waals surface area contributed by atoms with Crippen LogP contribution in [0.1, 0.15) is 24.5 Å². The Morgan fingerprint density at radius 2 is 1.63 bits per heavy atom. The summed E-state index contributed by atoms with van der Waals surface area (Å²) in [4.78, 5) is 28.9. The first kappa shape index (κ1) is 31.4. The summed E-state index contributed by atoms with van der Waals surface area (Å²) in [7, 11) is -1.17. The lowest BCUT2D eigenvalue weighted by atomic mass is 10.0. The maximum Gasteiger partial charge on any atom is 0.244 e. The number of rotatable bonds is 14. The summed E-state index contributed by atoms with van der Waals surface area (Å²) in [5, 5.41) is 2.87. The Kier molecular flexibility index (Phi) is 11.1. The van der Waals surface area contributed by atoms with Crippen LogP contribution in [0.15, 0.2) is 72.8 Å². The first-order chi connectivity index (χ1) is 19.6. The topological polar surface area (TPSA) is 105 Å². The van der Waals surface area contributed by atoms with Crippen molar-refractivity contribution in [2.45, 2.75) is 32.4 Å². The SMILES string of the molecule is CCCNC(=O)[C@H](Cc1ccccc1)N(Cc1ccc(F)cc1)C(=O)CN(c1cc(OC)ccc1OC)S(C)(=O)=O. The second-order valence-electron chi connectivity index (χ2n) is 9.45. The van der Waals surface area contributed by atoms with Crippen LogP contribution in [0, 0.1) is 5.82 Å². The number of hydrogen-bond acceptors (Lipinski definition) is 6. The molecule has 0 aliphatic carbocycles. The van der Waals surface area contributed by atoms with E-state index in [0.717, 1.165) is 16.1 Å². The molecule has 2 amide bonds. The van der Waals surface area contributed by atoms with Gasteiger partial charge in [-0.25, -0.2) is 12.8 Å². The van der Waals surface area contributed by atoms with Crippen molar-refractivity contribution in [3.05, 3.63) is 89.7 Å². The molecule has 0 bridgehead atoms. The maximum absolute atomic E-state index is 14.1. The first-order valence-electron chi connectivity index (χ1n) is 13.1. The summed E-state index contributed by atoms with van der Waals surface area (Å²) in [5.74, 6) is -0.864. The van der Waals surface area contributed by atoms with Gasteiger partial charge in [-0.2, -0.15) is 0 Å². The van der Waals surface area contributed by atoms with Crippen molar-refractivity contribution < 1.29 is 31.9 Å². The number of carbonyl (C=O) groups excluding carboxylic acids is 2. The van der Waals surface area contributed by atoms with E-state index in [9.17, 15) is 22.4 Å². The van der Waals surface area contributed by atoms with Crippen LogP contribution in [0.25, 0.3) is 0 Å². The number of carbonyl (C=O) groups is 2. The molecule has 0 spiro atoms. The maximum atomic E-state index is 14.1. The molecular weight excluding hydrogens is 549 g/mol. The number of nitrogens with one attached hydrogen (secondary N) is 1. The molecule has 220 valence electrons. The number of nitrogens with zero attached hydrogens (tertiary/aromatic N) is 2. The summed E-state index contributed by atoms with van der Waals surface area (Å²) < 4.78 is 51.3. The molecule has 41 heavy (non-hydrogen) atoms. The van der Waals surface area contributed by atoms with E-state index in [1.807, 2.05) is 37.3 Å². The van der Waals surface area contributed by atoms with Crippen LogP contribution >= 0.6 is 0 Å². The minimum atomic E-state index is -4.00. The van der Waals surface area contributed by atoms with E-state index >= 15 is 0 Å². The van der Waals surface area contributed by atoms with Gasteiger partial charge in [0.15, 0.2) is 0 Å². The second kappa shape index (κ2) is 14.5. The number of ether oxygens (including phenoxy) is 2. The smallest absolute Gasteiger partial charge is 0.244 e. The van der Waals surface area contributed by atoms with Gasteiger partial charge in [0.1, 0.15) is 29.9 Å². The van der Waals surface area contributed by atoms with E-state index in [2.05, 4.69) is 5.32 Å². The van der Waals surface area contributed by atoms with E-state index in [4.69, 9.17) is 9.47 Å². The van der Waals surface area contributed by atoms with Crippen LogP contribution in [-0.4, -0.2) is 64.7 Å². The van der Waals surface area contributed by atoms with Crippen LogP contribution in [-0.2, 0) is 32.6 Å². The van der Waals surface area contributed by atoms with Crippen molar-refractivity contribution in [3.8, 4) is 11.5 Å². The summed E-state index contributed by atoms with van der Waals surface area (Å²) in [6, 6.07) is 18.5. The molecule has 0 aromatic heterocycles. The summed E-state index contributed by atoms with van der Waals surface area (Å²) in [6.45, 7) is 1.65. The van der Waals surface area contributed by atoms with E-state index in [0.29, 0.717) is 24.3 Å². The molecule has 0 heterocycles. The van der Waals surface area contributed by atoms with Gasteiger partial charge in [-0.15, -0.1) is 0 Å². The molecule has 3 rings (SSSR count). The van der Waals surface area contributed by atoms with E-state index < -0.39 is 34.3 Å². The van der Waals surface area contributed by atoms with Gasteiger partial charge in [0.25, 0.3) is 0 Å². The monoisotopic (exact) mass is 585 g/mol. The summed E-state index contributed by atoms with van der Waals surface area (Å²) in [6.07, 6.45) is 1.86. The highest BCUT2D eigenvalue weighted by Gasteiger charge is 2.33. The molecule has 0 fully saturated rings. The zero-order chi connectivity index (χ0) is 30.0. The third-order valence-electron chi connectivity index (χ3n) is 6.42. The molecule has 1 N–H and O–H groups in total. The van der Waals surface area contributed by atoms with Gasteiger partial charge < -0.3 is 19.7 Å². The van der Waals surface area contributed by atoms with Crippen molar-refractivity contribution in [2.24, 2.45) is 0 Å². The molecule has 1 atom stereocenters. The average Bonchev–Trinajstić information content (AvgIpc) is 2.96. The third-order valence-corrected chi connectivity index (χ3v) is 7.55. The van der Waals surface area contributed by atoms with Crippen molar-refractivity contribution in [1.82, 2.24) is 10.2 Å². The van der Waals surface area contributed by atoms with Crippen molar-refractivity contribution in [3.63, 3.8) is 0 Å². The van der Waals surface area contributed by atoms with Gasteiger partial charge in [0, 0.05) is 25.6 Å². The van der Waals surface area contributed by atoms with Gasteiger partial charge in [-0.1, -0.05) is 49.4 Å². The fraction of sp³-hybridized carbons (Fsp3) is 0.333. The Morgan fingerprint density at radius 1 is 0.951 bits per heavy atom. The molecule has 0 saturated heterocycles. The Balaban J connectivity index is 2.09. The van der Waals surface area contributed by atoms with Gasteiger partial charge in [0.2, 0.25) is 21.8 Å². The van der Waals surface area contributed by atoms with Crippen LogP contribution < -0.4 is 19.1 Å². The Hall–Kier alpha value is -4.12. The number of sulfonamides is 1. The van der Waals surface area contributed by atoms with E-state index in [1.165, 1.54) is 49.5 Å². The standard InChI is InChI=1S/C30H36FN3O6S/c1-5-17-32-30(36)27(18-22-9-7-6-8-10-22)33(20-23-11-13-24(31)14-12-23)29(35)21-34(41(4,37)38)26-19-25(39-2)15-16-28(26)40-3/h6-16,19,27H,5,17-18,20-21H2,1-4H3,(H,32,36)/t27-/m0/s1. The largest absolute Gasteiger partial charge is 0.497 e. The average molecular weight is 586 g/mol. The molecule has 3 aromatic rings. The summed E-state index contributed by atoms with van der Waals surface area (Å²) in [5.41, 5.74) is 1.50. The predicted molar refractivity (Wildman–Crippen MR) is 156 cm³/mol. The zero-order valence-electron chi connectivity index (χ0n) is 23.7. The Labute approximate surface area is 240 Å². The molecule has 11 heteroatoms. The second-order valence-corrected chi connectivity index (χ2v) is 11.4. The molecule has 3 aromatic carbocycles. The number of halogens is 1. The van der Waals surface area contributed by atoms with Crippen LogP contribution in [0.5, 0.6) is 11.5 Å². The molecule has 0 unspecified atom stereocenters. The zero-order valence-corrected chi connectivity index (χ0v) is 24.5. The molecule has 9 nitrogen and oxygen atoms in total. The minimum absolute atomic E-state index is 0.0526. The molecule has 0 saturated carbocycles. The number of benzene rings is 3. The lowest BCUT2D eigenvalue weighted by Crippen LogP contribution is -2.53. The van der Waals surface area contributed by atoms with Crippen LogP contribution in [0.4, 0.5) is 10.1 Å². The quantitative estimate of drug-likeness (QED) is 0.309. The number of methoxy groups -OCH3 is 2. The van der Waals surface area contributed by atoms with E-state index in [1.54, 1.807) is 12.1 Å². The van der Waals surface area contributed by atoms with Crippen molar-refractivity contribution >= 4 is 27.5 Å². The van der Waals surface area contributed by atoms with Crippen LogP contribution in [0.3, 0.4) is 0 Å². The third kappa shape index (κ3) is 8.68. The number of anilines is 1. The highest BCUT2D eigenvalue weighted by molar-refractivity contribution is 7.92. The number of hydrogen-bond donors (Lipinski definition) is 1. The number of amides is 2. The molecule has 0 radical (unpaired) electrons. The normalized spacial score (nSPS) is 11.8. The Bertz CT molecular complexity index is 1420. The minimum Gasteiger partial charge on any atom is -0.497 e. The lowest BCUT2D eigenvalue weighted by Gasteiger charge is -2.33. The van der Waals surface area contributed by atoms with E-state index in [-0.39, 0.29) is 30.3 Å². The fourth-order valence-corrected chi connectivity index (χ4v) is 5.14. The highest BCUT2D eigenvalue weighted by Crippen LogP contribution is 2.34. The molecule has 0 aliphatic rings. The first-order valence-corrected chi connectivity index (χ1v) is 15.0. The highest BCUT2D eigenvalue weighted by atomic mass is 32.2. The van der Waals surface area contributed by atoms with Gasteiger partial charge in [-0.05, 0) is 41.8 Å². The molecular formula is C30H36FN3O6S. The van der Waals surface area contributed by atoms with Crippen molar-refractivity contribution in [1.29, 1.82) is 0 Å². The lowest BCUT2D eigenvalue weighted by molar-refractivity contribution is -0.140.